The summed E-state index contributed by atoms with van der Waals surface area (Å²) in [7, 11) is 1.62. The van der Waals surface area contributed by atoms with Crippen LogP contribution in [0.5, 0.6) is 5.75 Å². The van der Waals surface area contributed by atoms with E-state index in [0.717, 1.165) is 22.3 Å². The average molecular weight is 301 g/mol. The first-order chi connectivity index (χ1) is 10.2. The molecular formula is C15H15N3O2S. The molecule has 5 nitrogen and oxygen atoms in total. The van der Waals surface area contributed by atoms with E-state index >= 15 is 0 Å². The second-order valence-electron chi connectivity index (χ2n) is 4.65. The SMILES string of the molecule is COc1cccc(C(C)[S+]([O-])c2nc3cnccc3[nH]2)c1. The highest BCUT2D eigenvalue weighted by Gasteiger charge is 2.25. The van der Waals surface area contributed by atoms with Gasteiger partial charge in [-0.1, -0.05) is 12.1 Å². The third-order valence-electron chi connectivity index (χ3n) is 3.34. The fraction of sp³-hybridized carbons (Fsp3) is 0.200. The molecule has 3 aromatic rings. The van der Waals surface area contributed by atoms with Gasteiger partial charge in [-0.2, -0.15) is 4.98 Å². The molecule has 108 valence electrons. The zero-order valence-electron chi connectivity index (χ0n) is 11.7. The molecule has 1 N–H and O–H groups in total. The lowest BCUT2D eigenvalue weighted by Gasteiger charge is -2.16. The van der Waals surface area contributed by atoms with Crippen molar-refractivity contribution < 1.29 is 9.29 Å². The maximum atomic E-state index is 12.7. The first-order valence-corrected chi connectivity index (χ1v) is 7.74. The Morgan fingerprint density at radius 1 is 1.33 bits per heavy atom. The molecule has 0 bridgehead atoms. The molecular weight excluding hydrogens is 286 g/mol. The maximum absolute atomic E-state index is 12.7. The van der Waals surface area contributed by atoms with Gasteiger partial charge < -0.3 is 9.29 Å². The fourth-order valence-corrected chi connectivity index (χ4v) is 3.24. The van der Waals surface area contributed by atoms with E-state index in [1.807, 2.05) is 37.3 Å². The Bertz CT molecular complexity index is 726. The van der Waals surface area contributed by atoms with Crippen LogP contribution < -0.4 is 4.74 Å². The molecule has 3 rings (SSSR count). The number of aromatic nitrogens is 3. The van der Waals surface area contributed by atoms with Gasteiger partial charge in [0, 0.05) is 22.9 Å². The number of imidazole rings is 1. The summed E-state index contributed by atoms with van der Waals surface area (Å²) in [6, 6.07) is 9.41. The van der Waals surface area contributed by atoms with Gasteiger partial charge >= 0.3 is 5.16 Å². The summed E-state index contributed by atoms with van der Waals surface area (Å²) < 4.78 is 17.9. The van der Waals surface area contributed by atoms with Crippen molar-refractivity contribution in [1.82, 2.24) is 15.0 Å². The number of hydrogen-bond acceptors (Lipinski definition) is 4. The highest BCUT2D eigenvalue weighted by molar-refractivity contribution is 7.91. The second-order valence-corrected chi connectivity index (χ2v) is 6.34. The van der Waals surface area contributed by atoms with E-state index < -0.39 is 11.2 Å². The molecule has 0 amide bonds. The number of benzene rings is 1. The van der Waals surface area contributed by atoms with Gasteiger partial charge in [0.2, 0.25) is 0 Å². The molecule has 2 atom stereocenters. The molecule has 1 aromatic carbocycles. The molecule has 2 aromatic heterocycles. The predicted molar refractivity (Wildman–Crippen MR) is 81.7 cm³/mol. The topological polar surface area (TPSA) is 73.9 Å². The third kappa shape index (κ3) is 2.72. The quantitative estimate of drug-likeness (QED) is 0.752. The smallest absolute Gasteiger partial charge is 0.322 e. The van der Waals surface area contributed by atoms with Crippen molar-refractivity contribution in [3.63, 3.8) is 0 Å². The van der Waals surface area contributed by atoms with Crippen LogP contribution in [0.25, 0.3) is 11.0 Å². The molecule has 0 aliphatic rings. The Labute approximate surface area is 125 Å². The largest absolute Gasteiger partial charge is 0.609 e. The predicted octanol–water partition coefficient (Wildman–Crippen LogP) is 2.84. The van der Waals surface area contributed by atoms with Crippen molar-refractivity contribution in [1.29, 1.82) is 0 Å². The summed E-state index contributed by atoms with van der Waals surface area (Å²) in [5, 5.41) is 0.280. The van der Waals surface area contributed by atoms with Crippen molar-refractivity contribution in [2.45, 2.75) is 17.3 Å². The van der Waals surface area contributed by atoms with Crippen LogP contribution in [0.3, 0.4) is 0 Å². The summed E-state index contributed by atoms with van der Waals surface area (Å²) in [6.45, 7) is 1.91. The van der Waals surface area contributed by atoms with Crippen LogP contribution in [0, 0.1) is 0 Å². The van der Waals surface area contributed by atoms with Crippen LogP contribution in [-0.4, -0.2) is 26.6 Å². The normalized spacial score (nSPS) is 14.0. The van der Waals surface area contributed by atoms with Gasteiger partial charge in [-0.15, -0.1) is 0 Å². The minimum absolute atomic E-state index is 0.186. The van der Waals surface area contributed by atoms with Gasteiger partial charge in [0.05, 0.1) is 18.8 Å². The fourth-order valence-electron chi connectivity index (χ4n) is 2.11. The second kappa shape index (κ2) is 5.75. The molecule has 0 saturated carbocycles. The number of aromatic amines is 1. The third-order valence-corrected chi connectivity index (χ3v) is 4.83. The standard InChI is InChI=1S/C15H15N3O2S/c1-10(11-4-3-5-12(8-11)20-2)21(19)15-17-13-6-7-16-9-14(13)18-15/h3-10H,1-2H3,(H,17,18). The minimum Gasteiger partial charge on any atom is -0.609 e. The van der Waals surface area contributed by atoms with Gasteiger partial charge in [0.1, 0.15) is 16.5 Å². The highest BCUT2D eigenvalue weighted by atomic mass is 32.2. The molecule has 0 radical (unpaired) electrons. The first kappa shape index (κ1) is 13.9. The molecule has 2 heterocycles. The van der Waals surface area contributed by atoms with Gasteiger partial charge in [0.25, 0.3) is 0 Å². The molecule has 0 spiro atoms. The summed E-state index contributed by atoms with van der Waals surface area (Å²) in [6.07, 6.45) is 3.33. The van der Waals surface area contributed by atoms with E-state index in [4.69, 9.17) is 4.74 Å². The van der Waals surface area contributed by atoms with Crippen molar-refractivity contribution in [2.24, 2.45) is 0 Å². The molecule has 0 aliphatic heterocycles. The Morgan fingerprint density at radius 3 is 2.95 bits per heavy atom. The number of nitrogens with zero attached hydrogens (tertiary/aromatic N) is 2. The van der Waals surface area contributed by atoms with Gasteiger partial charge in [-0.25, -0.2) is 0 Å². The van der Waals surface area contributed by atoms with Crippen LogP contribution in [-0.2, 0) is 11.2 Å². The number of H-pyrrole nitrogens is 1. The molecule has 0 fully saturated rings. The van der Waals surface area contributed by atoms with Crippen molar-refractivity contribution in [3.05, 3.63) is 48.3 Å². The van der Waals surface area contributed by atoms with E-state index in [0.29, 0.717) is 5.16 Å². The lowest BCUT2D eigenvalue weighted by Crippen LogP contribution is -2.12. The Hall–Kier alpha value is -2.05. The van der Waals surface area contributed by atoms with Crippen LogP contribution in [0.1, 0.15) is 17.7 Å². The average Bonchev–Trinajstić information content (AvgIpc) is 2.97. The zero-order valence-corrected chi connectivity index (χ0v) is 12.6. The number of rotatable bonds is 4. The van der Waals surface area contributed by atoms with Gasteiger partial charge in [0.15, 0.2) is 0 Å². The van der Waals surface area contributed by atoms with Crippen molar-refractivity contribution >= 4 is 22.2 Å². The van der Waals surface area contributed by atoms with Gasteiger partial charge in [-0.05, 0) is 25.1 Å². The lowest BCUT2D eigenvalue weighted by atomic mass is 10.1. The number of fused-ring (bicyclic) bond motifs is 1. The van der Waals surface area contributed by atoms with Crippen LogP contribution >= 0.6 is 0 Å². The number of methoxy groups -OCH3 is 1. The Kier molecular flexibility index (Phi) is 3.81. The van der Waals surface area contributed by atoms with E-state index in [2.05, 4.69) is 15.0 Å². The van der Waals surface area contributed by atoms with Crippen LogP contribution in [0.4, 0.5) is 0 Å². The highest BCUT2D eigenvalue weighted by Crippen LogP contribution is 2.29. The number of hydrogen-bond donors (Lipinski definition) is 1. The number of pyridine rings is 1. The minimum atomic E-state index is -1.27. The molecule has 2 unspecified atom stereocenters. The van der Waals surface area contributed by atoms with Crippen molar-refractivity contribution in [2.75, 3.05) is 7.11 Å². The monoisotopic (exact) mass is 301 g/mol. The van der Waals surface area contributed by atoms with Gasteiger partial charge in [-0.3, -0.25) is 9.97 Å². The zero-order chi connectivity index (χ0) is 14.8. The van der Waals surface area contributed by atoms with Crippen LogP contribution in [0.2, 0.25) is 0 Å². The first-order valence-electron chi connectivity index (χ1n) is 6.53. The summed E-state index contributed by atoms with van der Waals surface area (Å²) in [5.41, 5.74) is 2.51. The summed E-state index contributed by atoms with van der Waals surface area (Å²) in [4.78, 5) is 11.5. The van der Waals surface area contributed by atoms with E-state index in [-0.39, 0.29) is 5.25 Å². The molecule has 6 heteroatoms. The van der Waals surface area contributed by atoms with Crippen LogP contribution in [0.15, 0.2) is 47.9 Å². The molecule has 21 heavy (non-hydrogen) atoms. The molecule has 0 aliphatic carbocycles. The van der Waals surface area contributed by atoms with E-state index in [9.17, 15) is 4.55 Å². The summed E-state index contributed by atoms with van der Waals surface area (Å²) >= 11 is -1.27. The number of ether oxygens (including phenoxy) is 1. The Balaban J connectivity index is 1.90. The van der Waals surface area contributed by atoms with E-state index in [1.165, 1.54) is 0 Å². The lowest BCUT2D eigenvalue weighted by molar-refractivity contribution is 0.414. The maximum Gasteiger partial charge on any atom is 0.322 e. The molecule has 0 saturated heterocycles. The Morgan fingerprint density at radius 2 is 2.19 bits per heavy atom. The van der Waals surface area contributed by atoms with E-state index in [1.54, 1.807) is 19.5 Å². The number of nitrogens with one attached hydrogen (secondary N) is 1. The summed E-state index contributed by atoms with van der Waals surface area (Å²) in [5.74, 6) is 0.755. The van der Waals surface area contributed by atoms with Crippen molar-refractivity contribution in [3.8, 4) is 5.75 Å².